The summed E-state index contributed by atoms with van der Waals surface area (Å²) in [5.74, 6) is 2.28. The van der Waals surface area contributed by atoms with Gasteiger partial charge in [0.15, 0.2) is 5.82 Å². The largest absolute Gasteiger partial charge is 0.496 e. The molecule has 0 saturated heterocycles. The van der Waals surface area contributed by atoms with Gasteiger partial charge >= 0.3 is 0 Å². The normalized spacial score (nSPS) is 12.4. The van der Waals surface area contributed by atoms with Gasteiger partial charge < -0.3 is 15.0 Å². The van der Waals surface area contributed by atoms with Crippen LogP contribution in [-0.2, 0) is 0 Å². The van der Waals surface area contributed by atoms with Gasteiger partial charge in [0.25, 0.3) is 0 Å². The van der Waals surface area contributed by atoms with Crippen LogP contribution in [-0.4, -0.2) is 12.3 Å². The van der Waals surface area contributed by atoms with E-state index in [1.54, 1.807) is 7.11 Å². The number of hydrogen-bond acceptors (Lipinski definition) is 4. The summed E-state index contributed by atoms with van der Waals surface area (Å²) in [5, 5.41) is 3.88. The minimum absolute atomic E-state index is 0.273. The predicted molar refractivity (Wildman–Crippen MR) is 71.6 cm³/mol. The topological polar surface area (TPSA) is 61.3 Å². The van der Waals surface area contributed by atoms with E-state index in [0.717, 1.165) is 29.1 Å². The van der Waals surface area contributed by atoms with Gasteiger partial charge in [0.05, 0.1) is 12.7 Å². The molecular formula is C14H18N2O2. The quantitative estimate of drug-likeness (QED) is 0.897. The molecular weight excluding hydrogens is 228 g/mol. The molecule has 18 heavy (non-hydrogen) atoms. The fourth-order valence-electron chi connectivity index (χ4n) is 1.96. The summed E-state index contributed by atoms with van der Waals surface area (Å²) in [4.78, 5) is 0. The van der Waals surface area contributed by atoms with Crippen molar-refractivity contribution in [1.82, 2.24) is 5.16 Å². The van der Waals surface area contributed by atoms with Crippen molar-refractivity contribution in [3.05, 3.63) is 30.0 Å². The van der Waals surface area contributed by atoms with Gasteiger partial charge in [-0.1, -0.05) is 37.2 Å². The van der Waals surface area contributed by atoms with E-state index in [-0.39, 0.29) is 5.92 Å². The fourth-order valence-corrected chi connectivity index (χ4v) is 1.96. The van der Waals surface area contributed by atoms with Crippen molar-refractivity contribution < 1.29 is 9.26 Å². The Labute approximate surface area is 107 Å². The molecule has 2 N–H and O–H groups in total. The van der Waals surface area contributed by atoms with Gasteiger partial charge in [0.1, 0.15) is 11.5 Å². The average molecular weight is 246 g/mol. The fraction of sp³-hybridized carbons (Fsp3) is 0.357. The SMILES string of the molecule is CCC(C)c1onc(N)c1-c1ccccc1OC. The number of rotatable bonds is 4. The number of aromatic nitrogens is 1. The molecule has 0 fully saturated rings. The predicted octanol–water partition coefficient (Wildman–Crippen LogP) is 3.45. The Balaban J connectivity index is 2.59. The Morgan fingerprint density at radius 3 is 2.78 bits per heavy atom. The highest BCUT2D eigenvalue weighted by Gasteiger charge is 2.22. The Kier molecular flexibility index (Phi) is 3.55. The Hall–Kier alpha value is -1.97. The van der Waals surface area contributed by atoms with Gasteiger partial charge in [-0.05, 0) is 12.5 Å². The van der Waals surface area contributed by atoms with Gasteiger partial charge in [-0.3, -0.25) is 0 Å². The third-order valence-electron chi connectivity index (χ3n) is 3.18. The molecule has 1 heterocycles. The molecule has 0 spiro atoms. The number of para-hydroxylation sites is 1. The van der Waals surface area contributed by atoms with E-state index in [0.29, 0.717) is 5.82 Å². The maximum atomic E-state index is 5.93. The van der Waals surface area contributed by atoms with Crippen LogP contribution in [0, 0.1) is 0 Å². The van der Waals surface area contributed by atoms with Crippen LogP contribution in [0.2, 0.25) is 0 Å². The van der Waals surface area contributed by atoms with Crippen LogP contribution in [0.5, 0.6) is 5.75 Å². The second kappa shape index (κ2) is 5.12. The molecule has 0 bridgehead atoms. The first-order chi connectivity index (χ1) is 8.69. The lowest BCUT2D eigenvalue weighted by Gasteiger charge is -2.10. The maximum absolute atomic E-state index is 5.93. The number of benzene rings is 1. The summed E-state index contributed by atoms with van der Waals surface area (Å²) in [6.07, 6.45) is 0.969. The number of nitrogen functional groups attached to an aromatic ring is 1. The summed E-state index contributed by atoms with van der Waals surface area (Å²) in [6.45, 7) is 4.20. The standard InChI is InChI=1S/C14H18N2O2/c1-4-9(2)13-12(14(15)16-18-13)10-7-5-6-8-11(10)17-3/h5-9H,4H2,1-3H3,(H2,15,16). The van der Waals surface area contributed by atoms with Crippen molar-refractivity contribution >= 4 is 5.82 Å². The second-order valence-corrected chi connectivity index (χ2v) is 4.32. The van der Waals surface area contributed by atoms with E-state index in [1.807, 2.05) is 24.3 Å². The molecule has 0 aliphatic carbocycles. The molecule has 2 rings (SSSR count). The van der Waals surface area contributed by atoms with Gasteiger partial charge in [-0.25, -0.2) is 0 Å². The lowest BCUT2D eigenvalue weighted by Crippen LogP contribution is -1.96. The number of ether oxygens (including phenoxy) is 1. The first-order valence-corrected chi connectivity index (χ1v) is 6.07. The highest BCUT2D eigenvalue weighted by molar-refractivity contribution is 5.80. The zero-order chi connectivity index (χ0) is 13.1. The van der Waals surface area contributed by atoms with Crippen molar-refractivity contribution in [2.75, 3.05) is 12.8 Å². The van der Waals surface area contributed by atoms with Crippen LogP contribution in [0.1, 0.15) is 31.9 Å². The number of nitrogens with two attached hydrogens (primary N) is 1. The van der Waals surface area contributed by atoms with E-state index in [2.05, 4.69) is 19.0 Å². The van der Waals surface area contributed by atoms with Gasteiger partial charge in [0, 0.05) is 11.5 Å². The molecule has 2 aromatic rings. The van der Waals surface area contributed by atoms with Crippen molar-refractivity contribution in [2.45, 2.75) is 26.2 Å². The molecule has 0 aliphatic heterocycles. The molecule has 1 atom stereocenters. The first kappa shape index (κ1) is 12.5. The minimum atomic E-state index is 0.273. The molecule has 96 valence electrons. The molecule has 0 radical (unpaired) electrons. The highest BCUT2D eigenvalue weighted by atomic mass is 16.5. The molecule has 4 heteroatoms. The zero-order valence-electron chi connectivity index (χ0n) is 10.9. The maximum Gasteiger partial charge on any atom is 0.175 e. The lowest BCUT2D eigenvalue weighted by atomic mass is 9.96. The summed E-state index contributed by atoms with van der Waals surface area (Å²) in [7, 11) is 1.64. The molecule has 1 unspecified atom stereocenters. The van der Waals surface area contributed by atoms with Crippen molar-refractivity contribution in [2.24, 2.45) is 0 Å². The number of hydrogen-bond donors (Lipinski definition) is 1. The highest BCUT2D eigenvalue weighted by Crippen LogP contribution is 2.39. The summed E-state index contributed by atoms with van der Waals surface area (Å²) < 4.78 is 10.7. The Morgan fingerprint density at radius 2 is 2.11 bits per heavy atom. The molecule has 0 amide bonds. The summed E-state index contributed by atoms with van der Waals surface area (Å²) in [5.41, 5.74) is 7.70. The van der Waals surface area contributed by atoms with Crippen LogP contribution in [0.15, 0.2) is 28.8 Å². The van der Waals surface area contributed by atoms with Crippen LogP contribution >= 0.6 is 0 Å². The second-order valence-electron chi connectivity index (χ2n) is 4.32. The van der Waals surface area contributed by atoms with Crippen molar-refractivity contribution in [3.63, 3.8) is 0 Å². The molecule has 1 aromatic carbocycles. The van der Waals surface area contributed by atoms with Gasteiger partial charge in [0.2, 0.25) is 0 Å². The van der Waals surface area contributed by atoms with Gasteiger partial charge in [-0.2, -0.15) is 0 Å². The van der Waals surface area contributed by atoms with Crippen LogP contribution < -0.4 is 10.5 Å². The van der Waals surface area contributed by atoms with Crippen molar-refractivity contribution in [1.29, 1.82) is 0 Å². The third kappa shape index (κ3) is 2.06. The first-order valence-electron chi connectivity index (χ1n) is 6.07. The average Bonchev–Trinajstić information content (AvgIpc) is 2.79. The number of nitrogens with zero attached hydrogens (tertiary/aromatic N) is 1. The Morgan fingerprint density at radius 1 is 1.39 bits per heavy atom. The molecule has 1 aromatic heterocycles. The van der Waals surface area contributed by atoms with Crippen molar-refractivity contribution in [3.8, 4) is 16.9 Å². The number of anilines is 1. The number of methoxy groups -OCH3 is 1. The lowest BCUT2D eigenvalue weighted by molar-refractivity contribution is 0.366. The molecule has 0 saturated carbocycles. The smallest absolute Gasteiger partial charge is 0.175 e. The van der Waals surface area contributed by atoms with E-state index >= 15 is 0 Å². The Bertz CT molecular complexity index is 534. The van der Waals surface area contributed by atoms with E-state index < -0.39 is 0 Å². The monoisotopic (exact) mass is 246 g/mol. The molecule has 4 nitrogen and oxygen atoms in total. The van der Waals surface area contributed by atoms with E-state index in [1.165, 1.54) is 0 Å². The van der Waals surface area contributed by atoms with Crippen LogP contribution in [0.25, 0.3) is 11.1 Å². The van der Waals surface area contributed by atoms with Gasteiger partial charge in [-0.15, -0.1) is 0 Å². The minimum Gasteiger partial charge on any atom is -0.496 e. The summed E-state index contributed by atoms with van der Waals surface area (Å²) >= 11 is 0. The van der Waals surface area contributed by atoms with E-state index in [4.69, 9.17) is 15.0 Å². The molecule has 0 aliphatic rings. The zero-order valence-corrected chi connectivity index (χ0v) is 10.9. The van der Waals surface area contributed by atoms with E-state index in [9.17, 15) is 0 Å². The third-order valence-corrected chi connectivity index (χ3v) is 3.18. The van der Waals surface area contributed by atoms with Crippen LogP contribution in [0.4, 0.5) is 5.82 Å². The van der Waals surface area contributed by atoms with Crippen LogP contribution in [0.3, 0.4) is 0 Å². The summed E-state index contributed by atoms with van der Waals surface area (Å²) in [6, 6.07) is 7.75.